The van der Waals surface area contributed by atoms with E-state index in [1.807, 2.05) is 0 Å². The number of benzene rings is 1. The Morgan fingerprint density at radius 3 is 2.58 bits per heavy atom. The predicted octanol–water partition coefficient (Wildman–Crippen LogP) is 3.44. The topological polar surface area (TPSA) is 86.7 Å². The SMILES string of the molecule is Cn1c(Sc2ccc([N+](=O)[O-])c3cnccc23)nnc1C(F)(F)F. The number of hydrogen-bond donors (Lipinski definition) is 0. The number of halogens is 3. The first-order chi connectivity index (χ1) is 11.3. The van der Waals surface area contributed by atoms with Gasteiger partial charge in [0.25, 0.3) is 5.69 Å². The molecular weight excluding hydrogens is 347 g/mol. The van der Waals surface area contributed by atoms with Gasteiger partial charge in [-0.2, -0.15) is 13.2 Å². The van der Waals surface area contributed by atoms with Crippen molar-refractivity contribution in [3.8, 4) is 0 Å². The third-order valence-corrected chi connectivity index (χ3v) is 4.36. The molecule has 24 heavy (non-hydrogen) atoms. The first-order valence-electron chi connectivity index (χ1n) is 6.44. The van der Waals surface area contributed by atoms with Crippen LogP contribution in [0, 0.1) is 10.1 Å². The molecule has 0 fully saturated rings. The Hall–Kier alpha value is -2.69. The minimum absolute atomic E-state index is 0.0225. The van der Waals surface area contributed by atoms with E-state index in [0.717, 1.165) is 16.3 Å². The normalized spacial score (nSPS) is 11.8. The molecule has 1 aromatic carbocycles. The molecule has 3 rings (SSSR count). The van der Waals surface area contributed by atoms with E-state index in [0.29, 0.717) is 15.7 Å². The lowest BCUT2D eigenvalue weighted by Crippen LogP contribution is -2.12. The summed E-state index contributed by atoms with van der Waals surface area (Å²) in [6, 6.07) is 4.31. The van der Waals surface area contributed by atoms with Crippen molar-refractivity contribution >= 4 is 28.2 Å². The fourth-order valence-electron chi connectivity index (χ4n) is 2.14. The van der Waals surface area contributed by atoms with Gasteiger partial charge in [0.1, 0.15) is 0 Å². The molecule has 0 spiro atoms. The highest BCUT2D eigenvalue weighted by Crippen LogP contribution is 2.37. The lowest BCUT2D eigenvalue weighted by Gasteiger charge is -2.08. The predicted molar refractivity (Wildman–Crippen MR) is 78.5 cm³/mol. The van der Waals surface area contributed by atoms with Crippen LogP contribution in [0.2, 0.25) is 0 Å². The maximum Gasteiger partial charge on any atom is 0.451 e. The molecule has 0 amide bonds. The van der Waals surface area contributed by atoms with Crippen LogP contribution in [0.25, 0.3) is 10.8 Å². The van der Waals surface area contributed by atoms with Crippen LogP contribution < -0.4 is 0 Å². The molecule has 0 atom stereocenters. The Morgan fingerprint density at radius 2 is 1.96 bits per heavy atom. The van der Waals surface area contributed by atoms with Crippen molar-refractivity contribution in [2.24, 2.45) is 7.05 Å². The smallest absolute Gasteiger partial charge is 0.301 e. The Morgan fingerprint density at radius 1 is 1.21 bits per heavy atom. The number of nitro groups is 1. The Labute approximate surface area is 136 Å². The van der Waals surface area contributed by atoms with Crippen LogP contribution in [0.1, 0.15) is 5.82 Å². The molecule has 3 aromatic rings. The fourth-order valence-corrected chi connectivity index (χ4v) is 3.07. The molecule has 0 unspecified atom stereocenters. The second-order valence-corrected chi connectivity index (χ2v) is 5.74. The van der Waals surface area contributed by atoms with Gasteiger partial charge in [-0.15, -0.1) is 10.2 Å². The number of nitrogens with zero attached hydrogens (tertiary/aromatic N) is 5. The second-order valence-electron chi connectivity index (χ2n) is 4.73. The van der Waals surface area contributed by atoms with Crippen molar-refractivity contribution in [2.75, 3.05) is 0 Å². The van der Waals surface area contributed by atoms with E-state index in [1.54, 1.807) is 6.07 Å². The van der Waals surface area contributed by atoms with Gasteiger partial charge < -0.3 is 4.57 Å². The number of rotatable bonds is 3. The third-order valence-electron chi connectivity index (χ3n) is 3.24. The van der Waals surface area contributed by atoms with E-state index in [1.165, 1.54) is 31.6 Å². The molecule has 0 saturated carbocycles. The van der Waals surface area contributed by atoms with Gasteiger partial charge in [-0.3, -0.25) is 15.1 Å². The lowest BCUT2D eigenvalue weighted by molar-refractivity contribution is -0.383. The quantitative estimate of drug-likeness (QED) is 0.528. The summed E-state index contributed by atoms with van der Waals surface area (Å²) in [7, 11) is 1.21. The van der Waals surface area contributed by atoms with Crippen LogP contribution in [-0.4, -0.2) is 24.7 Å². The van der Waals surface area contributed by atoms with E-state index >= 15 is 0 Å². The number of fused-ring (bicyclic) bond motifs is 1. The molecule has 11 heteroatoms. The summed E-state index contributed by atoms with van der Waals surface area (Å²) in [6.07, 6.45) is -1.81. The van der Waals surface area contributed by atoms with E-state index in [4.69, 9.17) is 0 Å². The van der Waals surface area contributed by atoms with Crippen molar-refractivity contribution in [3.63, 3.8) is 0 Å². The highest BCUT2D eigenvalue weighted by Gasteiger charge is 2.37. The maximum absolute atomic E-state index is 12.8. The molecule has 0 aliphatic carbocycles. The molecule has 0 aliphatic rings. The fraction of sp³-hybridized carbons (Fsp3) is 0.154. The van der Waals surface area contributed by atoms with Crippen LogP contribution in [0.3, 0.4) is 0 Å². The Balaban J connectivity index is 2.08. The first-order valence-corrected chi connectivity index (χ1v) is 7.26. The van der Waals surface area contributed by atoms with Crippen molar-refractivity contribution in [2.45, 2.75) is 16.2 Å². The van der Waals surface area contributed by atoms with Crippen molar-refractivity contribution in [1.82, 2.24) is 19.7 Å². The molecular formula is C13H8F3N5O2S. The zero-order valence-electron chi connectivity index (χ0n) is 12.0. The van der Waals surface area contributed by atoms with E-state index in [9.17, 15) is 23.3 Å². The van der Waals surface area contributed by atoms with Crippen LogP contribution in [0.5, 0.6) is 0 Å². The highest BCUT2D eigenvalue weighted by atomic mass is 32.2. The van der Waals surface area contributed by atoms with Crippen LogP contribution in [0.4, 0.5) is 18.9 Å². The van der Waals surface area contributed by atoms with Crippen LogP contribution in [-0.2, 0) is 13.2 Å². The average Bonchev–Trinajstić information content (AvgIpc) is 2.88. The van der Waals surface area contributed by atoms with Gasteiger partial charge in [-0.25, -0.2) is 0 Å². The number of hydrogen-bond acceptors (Lipinski definition) is 6. The Kier molecular flexibility index (Phi) is 3.87. The van der Waals surface area contributed by atoms with Gasteiger partial charge in [-0.1, -0.05) is 0 Å². The third kappa shape index (κ3) is 2.77. The summed E-state index contributed by atoms with van der Waals surface area (Å²) in [5, 5.41) is 18.6. The summed E-state index contributed by atoms with van der Waals surface area (Å²) < 4.78 is 39.2. The molecule has 124 valence electrons. The monoisotopic (exact) mass is 355 g/mol. The average molecular weight is 355 g/mol. The number of aromatic nitrogens is 4. The molecule has 2 aromatic heterocycles. The standard InChI is InChI=1S/C13H8F3N5O2S/c1-20-11(13(14,15)16)18-19-12(20)24-10-3-2-9(21(22)23)8-6-17-5-4-7(8)10/h2-6H,1H3. The lowest BCUT2D eigenvalue weighted by atomic mass is 10.1. The molecule has 0 radical (unpaired) electrons. The minimum Gasteiger partial charge on any atom is -0.301 e. The molecule has 0 aliphatic heterocycles. The zero-order chi connectivity index (χ0) is 17.5. The summed E-state index contributed by atoms with van der Waals surface area (Å²) in [5.74, 6) is -1.11. The van der Waals surface area contributed by atoms with Gasteiger partial charge in [0.05, 0.1) is 10.3 Å². The van der Waals surface area contributed by atoms with Crippen molar-refractivity contribution in [1.29, 1.82) is 0 Å². The van der Waals surface area contributed by atoms with Crippen LogP contribution >= 0.6 is 11.8 Å². The first kappa shape index (κ1) is 16.2. The largest absolute Gasteiger partial charge is 0.451 e. The van der Waals surface area contributed by atoms with Crippen molar-refractivity contribution in [3.05, 3.63) is 46.5 Å². The van der Waals surface area contributed by atoms with Gasteiger partial charge in [-0.05, 0) is 23.9 Å². The maximum atomic E-state index is 12.8. The summed E-state index contributed by atoms with van der Waals surface area (Å²) in [6.45, 7) is 0. The van der Waals surface area contributed by atoms with Gasteiger partial charge in [0.2, 0.25) is 5.82 Å². The van der Waals surface area contributed by atoms with Crippen LogP contribution in [0.15, 0.2) is 40.6 Å². The van der Waals surface area contributed by atoms with Gasteiger partial charge in [0, 0.05) is 35.8 Å². The zero-order valence-corrected chi connectivity index (χ0v) is 12.8. The van der Waals surface area contributed by atoms with E-state index in [-0.39, 0.29) is 10.8 Å². The number of non-ortho nitro benzene ring substituents is 1. The molecule has 0 saturated heterocycles. The molecule has 0 N–H and O–H groups in total. The van der Waals surface area contributed by atoms with Crippen molar-refractivity contribution < 1.29 is 18.1 Å². The molecule has 7 nitrogen and oxygen atoms in total. The molecule has 2 heterocycles. The summed E-state index contributed by atoms with van der Waals surface area (Å²) >= 11 is 0.940. The summed E-state index contributed by atoms with van der Waals surface area (Å²) in [5.41, 5.74) is -0.128. The van der Waals surface area contributed by atoms with E-state index < -0.39 is 16.9 Å². The second kappa shape index (κ2) is 5.74. The minimum atomic E-state index is -4.61. The number of nitro benzene ring substituents is 1. The molecule has 0 bridgehead atoms. The number of alkyl halides is 3. The summed E-state index contributed by atoms with van der Waals surface area (Å²) in [4.78, 5) is 14.9. The Bertz CT molecular complexity index is 941. The van der Waals surface area contributed by atoms with Gasteiger partial charge >= 0.3 is 6.18 Å². The van der Waals surface area contributed by atoms with Gasteiger partial charge in [0.15, 0.2) is 5.16 Å². The number of pyridine rings is 1. The van der Waals surface area contributed by atoms with E-state index in [2.05, 4.69) is 15.2 Å². The highest BCUT2D eigenvalue weighted by molar-refractivity contribution is 7.99.